The summed E-state index contributed by atoms with van der Waals surface area (Å²) in [6, 6.07) is 17.5. The number of fused-ring (bicyclic) bond motifs is 3. The molecule has 2 heteroatoms. The molecule has 0 radical (unpaired) electrons. The molecule has 0 N–H and O–H groups in total. The molecule has 1 atom stereocenters. The van der Waals surface area contributed by atoms with Gasteiger partial charge in [0.05, 0.1) is 15.1 Å². The summed E-state index contributed by atoms with van der Waals surface area (Å²) in [5, 5.41) is 2.75. The van der Waals surface area contributed by atoms with Crippen molar-refractivity contribution >= 4 is 44.4 Å². The van der Waals surface area contributed by atoms with Gasteiger partial charge in [0.25, 0.3) is 0 Å². The molecule has 0 saturated carbocycles. The van der Waals surface area contributed by atoms with Crippen LogP contribution < -0.4 is 0 Å². The van der Waals surface area contributed by atoms with Crippen molar-refractivity contribution in [2.45, 2.75) is 36.7 Å². The van der Waals surface area contributed by atoms with Gasteiger partial charge in [-0.05, 0) is 18.6 Å². The number of hydrogen-bond donors (Lipinski definition) is 0. The fourth-order valence-corrected chi connectivity index (χ4v) is 3.99. The van der Waals surface area contributed by atoms with Crippen LogP contribution in [0.15, 0.2) is 48.5 Å². The molecule has 0 spiro atoms. The lowest BCUT2D eigenvalue weighted by atomic mass is 10.2. The number of benzene rings is 2. The number of unbranched alkanes of at least 4 members (excludes halogenated alkanes) is 2. The molecule has 2 aromatic carbocycles. The number of hydrogen-bond acceptors (Lipinski definition) is 0. The van der Waals surface area contributed by atoms with Gasteiger partial charge in [-0.15, -0.1) is 0 Å². The highest BCUT2D eigenvalue weighted by Crippen LogP contribution is 2.35. The molecule has 1 heterocycles. The van der Waals surface area contributed by atoms with E-state index in [0.717, 1.165) is 0 Å². The van der Waals surface area contributed by atoms with Crippen LogP contribution in [0.25, 0.3) is 21.8 Å². The average Bonchev–Trinajstić information content (AvgIpc) is 2.82. The van der Waals surface area contributed by atoms with E-state index in [1.807, 2.05) is 0 Å². The summed E-state index contributed by atoms with van der Waals surface area (Å²) in [6.07, 6.45) is 5.18. The van der Waals surface area contributed by atoms with Gasteiger partial charge in [-0.2, -0.15) is 0 Å². The Morgan fingerprint density at radius 1 is 0.900 bits per heavy atom. The standard InChI is InChI=1S/C18H20IN/c1-2-3-4-13-18(19)20-16-11-7-5-9-14(16)15-10-6-8-12-17(15)20/h5-12,18H,2-4,13H2,1H3. The van der Waals surface area contributed by atoms with Crippen LogP contribution in [0.4, 0.5) is 0 Å². The SMILES string of the molecule is CCCCCC(I)n1c2ccccc2c2ccccc21. The zero-order chi connectivity index (χ0) is 13.9. The van der Waals surface area contributed by atoms with Crippen molar-refractivity contribution in [1.82, 2.24) is 4.57 Å². The molecule has 0 fully saturated rings. The van der Waals surface area contributed by atoms with E-state index in [1.165, 1.54) is 47.5 Å². The van der Waals surface area contributed by atoms with E-state index in [4.69, 9.17) is 0 Å². The number of halogens is 1. The first-order valence-corrected chi connectivity index (χ1v) is 8.69. The highest BCUT2D eigenvalue weighted by Gasteiger charge is 2.14. The lowest BCUT2D eigenvalue weighted by Gasteiger charge is -2.15. The predicted octanol–water partition coefficient (Wildman–Crippen LogP) is 6.31. The van der Waals surface area contributed by atoms with Gasteiger partial charge in [-0.1, -0.05) is 85.2 Å². The van der Waals surface area contributed by atoms with E-state index in [0.29, 0.717) is 4.05 Å². The van der Waals surface area contributed by atoms with Crippen LogP contribution in [-0.4, -0.2) is 4.57 Å². The maximum atomic E-state index is 2.60. The van der Waals surface area contributed by atoms with Crippen LogP contribution in [0.2, 0.25) is 0 Å². The van der Waals surface area contributed by atoms with Crippen LogP contribution in [0.1, 0.15) is 36.7 Å². The van der Waals surface area contributed by atoms with Gasteiger partial charge in [-0.3, -0.25) is 0 Å². The number of rotatable bonds is 5. The summed E-state index contributed by atoms with van der Waals surface area (Å²) >= 11 is 2.60. The molecule has 20 heavy (non-hydrogen) atoms. The lowest BCUT2D eigenvalue weighted by Crippen LogP contribution is -2.01. The minimum Gasteiger partial charge on any atom is -0.328 e. The molecule has 0 saturated heterocycles. The van der Waals surface area contributed by atoms with Crippen LogP contribution in [-0.2, 0) is 0 Å². The van der Waals surface area contributed by atoms with Crippen molar-refractivity contribution in [3.63, 3.8) is 0 Å². The van der Waals surface area contributed by atoms with Gasteiger partial charge >= 0.3 is 0 Å². The maximum absolute atomic E-state index is 2.60. The molecule has 0 bridgehead atoms. The van der Waals surface area contributed by atoms with Crippen LogP contribution >= 0.6 is 22.6 Å². The maximum Gasteiger partial charge on any atom is 0.0858 e. The zero-order valence-electron chi connectivity index (χ0n) is 11.8. The molecule has 1 nitrogen and oxygen atoms in total. The molecule has 3 rings (SSSR count). The van der Waals surface area contributed by atoms with E-state index in [1.54, 1.807) is 0 Å². The van der Waals surface area contributed by atoms with Gasteiger partial charge in [0.2, 0.25) is 0 Å². The molecule has 0 aliphatic heterocycles. The minimum atomic E-state index is 0.531. The first-order valence-electron chi connectivity index (χ1n) is 7.44. The third kappa shape index (κ3) is 2.46. The third-order valence-electron chi connectivity index (χ3n) is 3.94. The van der Waals surface area contributed by atoms with Gasteiger partial charge in [-0.25, -0.2) is 0 Å². The predicted molar refractivity (Wildman–Crippen MR) is 96.6 cm³/mol. The Hall–Kier alpha value is -1.03. The second-order valence-corrected chi connectivity index (χ2v) is 6.77. The van der Waals surface area contributed by atoms with E-state index < -0.39 is 0 Å². The third-order valence-corrected chi connectivity index (χ3v) is 5.12. The number of para-hydroxylation sites is 2. The van der Waals surface area contributed by atoms with Crippen molar-refractivity contribution in [3.8, 4) is 0 Å². The Kier molecular flexibility index (Phi) is 4.29. The second kappa shape index (κ2) is 6.17. The lowest BCUT2D eigenvalue weighted by molar-refractivity contribution is 0.606. The van der Waals surface area contributed by atoms with Crippen molar-refractivity contribution < 1.29 is 0 Å². The number of alkyl halides is 1. The number of nitrogens with zero attached hydrogens (tertiary/aromatic N) is 1. The van der Waals surface area contributed by atoms with Crippen molar-refractivity contribution in [1.29, 1.82) is 0 Å². The molecule has 1 unspecified atom stereocenters. The second-order valence-electron chi connectivity index (χ2n) is 5.33. The molecule has 0 aliphatic rings. The first kappa shape index (κ1) is 13.9. The quantitative estimate of drug-likeness (QED) is 0.279. The Balaban J connectivity index is 2.11. The molecular weight excluding hydrogens is 357 g/mol. The topological polar surface area (TPSA) is 4.93 Å². The number of aromatic nitrogens is 1. The van der Waals surface area contributed by atoms with Crippen LogP contribution in [0.3, 0.4) is 0 Å². The van der Waals surface area contributed by atoms with E-state index in [9.17, 15) is 0 Å². The fourth-order valence-electron chi connectivity index (χ4n) is 2.95. The Morgan fingerprint density at radius 3 is 2.00 bits per heavy atom. The van der Waals surface area contributed by atoms with Crippen LogP contribution in [0, 0.1) is 0 Å². The molecule has 1 aromatic heterocycles. The Labute approximate surface area is 134 Å². The van der Waals surface area contributed by atoms with Gasteiger partial charge < -0.3 is 4.57 Å². The van der Waals surface area contributed by atoms with Crippen molar-refractivity contribution in [2.24, 2.45) is 0 Å². The first-order chi connectivity index (χ1) is 9.83. The summed E-state index contributed by atoms with van der Waals surface area (Å²) in [6.45, 7) is 2.27. The smallest absolute Gasteiger partial charge is 0.0858 e. The average molecular weight is 377 g/mol. The van der Waals surface area contributed by atoms with Crippen molar-refractivity contribution in [2.75, 3.05) is 0 Å². The summed E-state index contributed by atoms with van der Waals surface area (Å²) in [5.74, 6) is 0. The van der Waals surface area contributed by atoms with Gasteiger partial charge in [0.1, 0.15) is 0 Å². The Bertz CT molecular complexity index is 660. The monoisotopic (exact) mass is 377 g/mol. The highest BCUT2D eigenvalue weighted by molar-refractivity contribution is 14.1. The van der Waals surface area contributed by atoms with E-state index >= 15 is 0 Å². The summed E-state index contributed by atoms with van der Waals surface area (Å²) in [4.78, 5) is 0. The zero-order valence-corrected chi connectivity index (χ0v) is 14.0. The largest absolute Gasteiger partial charge is 0.328 e. The normalized spacial score (nSPS) is 13.1. The molecule has 0 aliphatic carbocycles. The van der Waals surface area contributed by atoms with E-state index in [-0.39, 0.29) is 0 Å². The molecule has 104 valence electrons. The van der Waals surface area contributed by atoms with Gasteiger partial charge in [0, 0.05) is 10.8 Å². The Morgan fingerprint density at radius 2 is 1.45 bits per heavy atom. The fraction of sp³-hybridized carbons (Fsp3) is 0.333. The molecular formula is C18H20IN. The van der Waals surface area contributed by atoms with Crippen LogP contribution in [0.5, 0.6) is 0 Å². The van der Waals surface area contributed by atoms with Crippen molar-refractivity contribution in [3.05, 3.63) is 48.5 Å². The minimum absolute atomic E-state index is 0.531. The van der Waals surface area contributed by atoms with E-state index in [2.05, 4.69) is 82.6 Å². The molecule has 0 amide bonds. The molecule has 3 aromatic rings. The van der Waals surface area contributed by atoms with Gasteiger partial charge in [0.15, 0.2) is 0 Å². The highest BCUT2D eigenvalue weighted by atomic mass is 127. The summed E-state index contributed by atoms with van der Waals surface area (Å²) in [5.41, 5.74) is 2.73. The summed E-state index contributed by atoms with van der Waals surface area (Å²) in [7, 11) is 0. The summed E-state index contributed by atoms with van der Waals surface area (Å²) < 4.78 is 3.05.